The zero-order chi connectivity index (χ0) is 26.3. The van der Waals surface area contributed by atoms with Crippen molar-refractivity contribution in [3.63, 3.8) is 0 Å². The molecule has 10 heteroatoms. The molecule has 1 saturated heterocycles. The number of hydrogen-bond acceptors (Lipinski definition) is 7. The summed E-state index contributed by atoms with van der Waals surface area (Å²) >= 11 is 6.44. The number of morpholine rings is 1. The molecule has 1 aliphatic heterocycles. The molecule has 39 heavy (non-hydrogen) atoms. The number of nitrogens with two attached hydrogens (primary N) is 1. The molecule has 0 unspecified atom stereocenters. The number of nitrogen functional groups attached to an aromatic ring is 1. The number of hydrogen-bond donors (Lipinski definition) is 1. The summed E-state index contributed by atoms with van der Waals surface area (Å²) in [6, 6.07) is 15.1. The maximum Gasteiger partial charge on any atom is 0.164 e. The van der Waals surface area contributed by atoms with Gasteiger partial charge >= 0.3 is 0 Å². The first kappa shape index (κ1) is 24.5. The van der Waals surface area contributed by atoms with Gasteiger partial charge in [-0.2, -0.15) is 10.2 Å². The summed E-state index contributed by atoms with van der Waals surface area (Å²) in [5.41, 5.74) is 11.1. The Kier molecular flexibility index (Phi) is 6.42. The van der Waals surface area contributed by atoms with Crippen LogP contribution < -0.4 is 5.73 Å². The molecule has 3 aromatic heterocycles. The lowest BCUT2D eigenvalue weighted by Crippen LogP contribution is -2.45. The number of aromatic nitrogens is 6. The van der Waals surface area contributed by atoms with Crippen LogP contribution in [0.25, 0.3) is 33.2 Å². The Balaban J connectivity index is 1.23. The quantitative estimate of drug-likeness (QED) is 0.335. The van der Waals surface area contributed by atoms with Crippen LogP contribution in [0.15, 0.2) is 55.0 Å². The van der Waals surface area contributed by atoms with Crippen molar-refractivity contribution in [3.8, 4) is 11.3 Å². The zero-order valence-corrected chi connectivity index (χ0v) is 22.5. The van der Waals surface area contributed by atoms with Crippen molar-refractivity contribution < 1.29 is 4.74 Å². The fraction of sp³-hybridized carbons (Fsp3) is 0.379. The van der Waals surface area contributed by atoms with Crippen LogP contribution in [0.5, 0.6) is 0 Å². The Morgan fingerprint density at radius 2 is 1.77 bits per heavy atom. The van der Waals surface area contributed by atoms with Gasteiger partial charge in [-0.05, 0) is 43.4 Å². The van der Waals surface area contributed by atoms with Crippen LogP contribution in [0.2, 0.25) is 5.02 Å². The monoisotopic (exact) mass is 542 g/mol. The van der Waals surface area contributed by atoms with Crippen LogP contribution in [0.4, 0.5) is 5.82 Å². The second kappa shape index (κ2) is 10.2. The molecular formula is C29H31ClN8O. The van der Waals surface area contributed by atoms with Gasteiger partial charge in [0.2, 0.25) is 0 Å². The van der Waals surface area contributed by atoms with E-state index in [2.05, 4.69) is 42.8 Å². The van der Waals surface area contributed by atoms with Crippen molar-refractivity contribution in [2.45, 2.75) is 44.3 Å². The minimum Gasteiger partial charge on any atom is -0.383 e. The van der Waals surface area contributed by atoms with E-state index < -0.39 is 0 Å². The minimum atomic E-state index is 0.280. The average molecular weight is 543 g/mol. The third-order valence-electron chi connectivity index (χ3n) is 8.29. The van der Waals surface area contributed by atoms with Crippen LogP contribution in [0.3, 0.4) is 0 Å². The molecule has 1 saturated carbocycles. The summed E-state index contributed by atoms with van der Waals surface area (Å²) in [6.07, 6.45) is 7.85. The van der Waals surface area contributed by atoms with Crippen LogP contribution in [-0.4, -0.2) is 66.8 Å². The molecule has 0 radical (unpaired) electrons. The van der Waals surface area contributed by atoms with E-state index in [0.29, 0.717) is 18.4 Å². The molecule has 200 valence electrons. The molecule has 7 rings (SSSR count). The number of fused-ring (bicyclic) bond motifs is 2. The highest BCUT2D eigenvalue weighted by atomic mass is 35.5. The van der Waals surface area contributed by atoms with E-state index >= 15 is 0 Å². The van der Waals surface area contributed by atoms with Crippen LogP contribution in [0, 0.1) is 0 Å². The molecule has 5 aromatic rings. The molecule has 4 heterocycles. The molecule has 2 aromatic carbocycles. The summed E-state index contributed by atoms with van der Waals surface area (Å²) < 4.78 is 9.63. The summed E-state index contributed by atoms with van der Waals surface area (Å²) in [6.45, 7) is 4.32. The van der Waals surface area contributed by atoms with Gasteiger partial charge in [-0.15, -0.1) is 0 Å². The van der Waals surface area contributed by atoms with Crippen LogP contribution >= 0.6 is 11.6 Å². The van der Waals surface area contributed by atoms with Gasteiger partial charge < -0.3 is 10.5 Å². The van der Waals surface area contributed by atoms with Crippen molar-refractivity contribution in [2.24, 2.45) is 0 Å². The second-order valence-corrected chi connectivity index (χ2v) is 10.9. The molecule has 2 fully saturated rings. The Bertz CT molecular complexity index is 1630. The van der Waals surface area contributed by atoms with E-state index in [1.807, 2.05) is 35.1 Å². The molecule has 0 amide bonds. The fourth-order valence-corrected chi connectivity index (χ4v) is 6.39. The predicted molar refractivity (Wildman–Crippen MR) is 153 cm³/mol. The second-order valence-electron chi connectivity index (χ2n) is 10.5. The van der Waals surface area contributed by atoms with E-state index in [1.165, 1.54) is 0 Å². The summed E-state index contributed by atoms with van der Waals surface area (Å²) in [5, 5.41) is 12.4. The fourth-order valence-electron chi connectivity index (χ4n) is 6.19. The Morgan fingerprint density at radius 1 is 0.974 bits per heavy atom. The van der Waals surface area contributed by atoms with Crippen molar-refractivity contribution in [2.75, 3.05) is 32.0 Å². The molecule has 2 aliphatic rings. The van der Waals surface area contributed by atoms with E-state index in [-0.39, 0.29) is 6.04 Å². The number of ether oxygens (including phenoxy) is 1. The number of nitrogens with zero attached hydrogens (tertiary/aromatic N) is 7. The normalized spacial score (nSPS) is 20.6. The number of anilines is 1. The van der Waals surface area contributed by atoms with Crippen molar-refractivity contribution in [3.05, 3.63) is 65.6 Å². The minimum absolute atomic E-state index is 0.280. The van der Waals surface area contributed by atoms with Gasteiger partial charge in [-0.1, -0.05) is 41.9 Å². The molecule has 9 nitrogen and oxygen atoms in total. The SMILES string of the molecule is Nc1ncnc2c1c(-c1ccc3cnn(Cc4ccccc4Cl)c3c1)nn2[C@H]1CC[C@H](N2CCOCC2)CC1. The van der Waals surface area contributed by atoms with E-state index in [0.717, 1.165) is 95.8 Å². The lowest BCUT2D eigenvalue weighted by Gasteiger charge is -2.38. The van der Waals surface area contributed by atoms with Gasteiger partial charge in [0.15, 0.2) is 5.65 Å². The van der Waals surface area contributed by atoms with E-state index in [1.54, 1.807) is 6.33 Å². The van der Waals surface area contributed by atoms with Crippen molar-refractivity contribution >= 4 is 39.4 Å². The molecular weight excluding hydrogens is 512 g/mol. The van der Waals surface area contributed by atoms with Gasteiger partial charge in [-0.25, -0.2) is 14.6 Å². The standard InChI is InChI=1S/C29H31ClN8O/c30-24-4-2-1-3-21(24)17-37-25-15-19(5-6-20(25)16-34-37)27-26-28(31)32-18-33-29(26)38(35-27)23-9-7-22(8-10-23)36-11-13-39-14-12-36/h1-6,15-16,18,22-23H,7-14,17H2,(H2,31,32,33)/t22-,23-. The lowest BCUT2D eigenvalue weighted by molar-refractivity contribution is 0.00520. The van der Waals surface area contributed by atoms with Gasteiger partial charge in [-0.3, -0.25) is 9.58 Å². The topological polar surface area (TPSA) is 99.9 Å². The molecule has 0 bridgehead atoms. The van der Waals surface area contributed by atoms with Crippen molar-refractivity contribution in [1.29, 1.82) is 0 Å². The average Bonchev–Trinajstić information content (AvgIpc) is 3.57. The predicted octanol–water partition coefficient (Wildman–Crippen LogP) is 4.94. The van der Waals surface area contributed by atoms with Crippen LogP contribution in [0.1, 0.15) is 37.3 Å². The smallest absolute Gasteiger partial charge is 0.164 e. The third-order valence-corrected chi connectivity index (χ3v) is 8.66. The molecule has 0 atom stereocenters. The maximum atomic E-state index is 6.44. The Labute approximate surface area is 231 Å². The highest BCUT2D eigenvalue weighted by Crippen LogP contribution is 2.37. The highest BCUT2D eigenvalue weighted by molar-refractivity contribution is 6.31. The zero-order valence-electron chi connectivity index (χ0n) is 21.7. The molecule has 1 aliphatic carbocycles. The first-order chi connectivity index (χ1) is 19.2. The van der Waals surface area contributed by atoms with Crippen molar-refractivity contribution in [1.82, 2.24) is 34.4 Å². The van der Waals surface area contributed by atoms with Crippen LogP contribution in [-0.2, 0) is 11.3 Å². The Hall–Kier alpha value is -3.53. The maximum absolute atomic E-state index is 6.44. The summed E-state index contributed by atoms with van der Waals surface area (Å²) in [5.74, 6) is 0.452. The van der Waals surface area contributed by atoms with Gasteiger partial charge in [0.05, 0.1) is 42.9 Å². The summed E-state index contributed by atoms with van der Waals surface area (Å²) in [7, 11) is 0. The number of rotatable bonds is 5. The van der Waals surface area contributed by atoms with E-state index in [4.69, 9.17) is 27.2 Å². The number of halogens is 1. The largest absolute Gasteiger partial charge is 0.383 e. The Morgan fingerprint density at radius 3 is 2.59 bits per heavy atom. The van der Waals surface area contributed by atoms with Gasteiger partial charge in [0.25, 0.3) is 0 Å². The molecule has 0 spiro atoms. The number of benzene rings is 2. The van der Waals surface area contributed by atoms with E-state index in [9.17, 15) is 0 Å². The third kappa shape index (κ3) is 4.54. The van der Waals surface area contributed by atoms with Gasteiger partial charge in [0, 0.05) is 35.1 Å². The highest BCUT2D eigenvalue weighted by Gasteiger charge is 2.30. The summed E-state index contributed by atoms with van der Waals surface area (Å²) in [4.78, 5) is 11.6. The van der Waals surface area contributed by atoms with Gasteiger partial charge in [0.1, 0.15) is 17.8 Å². The first-order valence-electron chi connectivity index (χ1n) is 13.7. The molecule has 2 N–H and O–H groups in total. The lowest BCUT2D eigenvalue weighted by atomic mass is 9.90. The first-order valence-corrected chi connectivity index (χ1v) is 14.0.